The minimum absolute atomic E-state index is 0.398. The summed E-state index contributed by atoms with van der Waals surface area (Å²) in [4.78, 5) is 0. The Bertz CT molecular complexity index is 484. The molecule has 1 aliphatic carbocycles. The molecule has 0 spiro atoms. The van der Waals surface area contributed by atoms with Gasteiger partial charge in [0.1, 0.15) is 2.88 Å². The lowest BCUT2D eigenvalue weighted by Crippen LogP contribution is -2.05. The Morgan fingerprint density at radius 3 is 1.67 bits per heavy atom. The zero-order valence-corrected chi connectivity index (χ0v) is 10.8. The Hall–Kier alpha value is -0.540. The highest BCUT2D eigenvalue weighted by Crippen LogP contribution is 2.55. The molecule has 2 aromatic carbocycles. The summed E-state index contributed by atoms with van der Waals surface area (Å²) in [6.45, 7) is 0. The maximum atomic E-state index is 6.62. The van der Waals surface area contributed by atoms with Gasteiger partial charge in [-0.1, -0.05) is 82.7 Å². The molecule has 74 valence electrons. The third kappa shape index (κ3) is 1.26. The van der Waals surface area contributed by atoms with Gasteiger partial charge in [-0.2, -0.15) is 0 Å². The third-order valence-corrected chi connectivity index (χ3v) is 4.39. The van der Waals surface area contributed by atoms with Crippen molar-refractivity contribution in [2.45, 2.75) is 2.88 Å². The number of hydrogen-bond acceptors (Lipinski definition) is 0. The van der Waals surface area contributed by atoms with E-state index in [0.29, 0.717) is 0 Å². The van der Waals surface area contributed by atoms with Gasteiger partial charge in [-0.05, 0) is 22.3 Å². The summed E-state index contributed by atoms with van der Waals surface area (Å²) >= 11 is 8.93. The summed E-state index contributed by atoms with van der Waals surface area (Å²) in [5, 5.41) is 0. The van der Waals surface area contributed by atoms with Crippen molar-refractivity contribution in [2.75, 3.05) is 0 Å². The van der Waals surface area contributed by atoms with Crippen LogP contribution in [0.25, 0.3) is 11.1 Å². The van der Waals surface area contributed by atoms with Gasteiger partial charge < -0.3 is 0 Å². The van der Waals surface area contributed by atoms with Crippen LogP contribution in [-0.2, 0) is 2.88 Å². The molecule has 2 aromatic rings. The maximum absolute atomic E-state index is 6.62. The molecule has 0 atom stereocenters. The van der Waals surface area contributed by atoms with Crippen molar-refractivity contribution in [1.29, 1.82) is 0 Å². The van der Waals surface area contributed by atoms with E-state index < -0.39 is 2.88 Å². The number of hydrogen-bond donors (Lipinski definition) is 0. The second-order valence-electron chi connectivity index (χ2n) is 3.67. The fourth-order valence-corrected chi connectivity index (χ4v) is 3.40. The fourth-order valence-electron chi connectivity index (χ4n) is 2.13. The molecular formula is C13H8ClI. The molecule has 0 saturated carbocycles. The number of halogens is 2. The topological polar surface area (TPSA) is 0 Å². The molecule has 0 bridgehead atoms. The Kier molecular flexibility index (Phi) is 2.08. The Balaban J connectivity index is 2.42. The van der Waals surface area contributed by atoms with Gasteiger partial charge in [0.25, 0.3) is 0 Å². The first-order chi connectivity index (χ1) is 7.21. The van der Waals surface area contributed by atoms with E-state index in [-0.39, 0.29) is 0 Å². The molecular weight excluding hydrogens is 319 g/mol. The second kappa shape index (κ2) is 3.22. The van der Waals surface area contributed by atoms with Crippen molar-refractivity contribution >= 4 is 34.2 Å². The van der Waals surface area contributed by atoms with Crippen molar-refractivity contribution < 1.29 is 0 Å². The summed E-state index contributed by atoms with van der Waals surface area (Å²) in [6.07, 6.45) is 0. The van der Waals surface area contributed by atoms with Crippen molar-refractivity contribution in [3.63, 3.8) is 0 Å². The highest BCUT2D eigenvalue weighted by Gasteiger charge is 2.38. The summed E-state index contributed by atoms with van der Waals surface area (Å²) in [5.41, 5.74) is 4.93. The lowest BCUT2D eigenvalue weighted by atomic mass is 10.1. The van der Waals surface area contributed by atoms with Crippen molar-refractivity contribution in [1.82, 2.24) is 0 Å². The number of alkyl halides is 2. The van der Waals surface area contributed by atoms with Crippen LogP contribution in [-0.4, -0.2) is 0 Å². The standard InChI is InChI=1S/C13H8ClI/c14-13(15)11-7-3-1-5-9(11)10-6-2-4-8-12(10)13/h1-8H. The summed E-state index contributed by atoms with van der Waals surface area (Å²) in [5.74, 6) is 0. The van der Waals surface area contributed by atoms with E-state index in [0.717, 1.165) is 0 Å². The number of benzene rings is 2. The molecule has 0 amide bonds. The van der Waals surface area contributed by atoms with Gasteiger partial charge in [-0.25, -0.2) is 0 Å². The quantitative estimate of drug-likeness (QED) is 0.492. The molecule has 0 aliphatic heterocycles. The highest BCUT2D eigenvalue weighted by molar-refractivity contribution is 14.1. The summed E-state index contributed by atoms with van der Waals surface area (Å²) in [6, 6.07) is 16.7. The van der Waals surface area contributed by atoms with Crippen LogP contribution in [0.5, 0.6) is 0 Å². The van der Waals surface area contributed by atoms with Crippen LogP contribution in [0.4, 0.5) is 0 Å². The first-order valence-corrected chi connectivity index (χ1v) is 6.24. The smallest absolute Gasteiger partial charge is 0.0970 e. The SMILES string of the molecule is ClC1(I)c2ccccc2-c2ccccc21. The molecule has 0 aromatic heterocycles. The van der Waals surface area contributed by atoms with Crippen LogP contribution in [0.3, 0.4) is 0 Å². The number of rotatable bonds is 0. The van der Waals surface area contributed by atoms with Crippen molar-refractivity contribution in [3.8, 4) is 11.1 Å². The molecule has 0 heterocycles. The Morgan fingerprint density at radius 2 is 1.20 bits per heavy atom. The van der Waals surface area contributed by atoms with Gasteiger partial charge >= 0.3 is 0 Å². The molecule has 3 rings (SSSR count). The number of fused-ring (bicyclic) bond motifs is 3. The molecule has 0 N–H and O–H groups in total. The van der Waals surface area contributed by atoms with Crippen LogP contribution >= 0.6 is 34.2 Å². The van der Waals surface area contributed by atoms with Gasteiger partial charge in [-0.3, -0.25) is 0 Å². The van der Waals surface area contributed by atoms with E-state index in [2.05, 4.69) is 59.0 Å². The van der Waals surface area contributed by atoms with E-state index in [1.54, 1.807) is 0 Å². The van der Waals surface area contributed by atoms with Crippen LogP contribution in [0, 0.1) is 0 Å². The molecule has 0 fully saturated rings. The molecule has 0 radical (unpaired) electrons. The first kappa shape index (κ1) is 9.67. The van der Waals surface area contributed by atoms with Crippen molar-refractivity contribution in [2.24, 2.45) is 0 Å². The highest BCUT2D eigenvalue weighted by atomic mass is 127. The first-order valence-electron chi connectivity index (χ1n) is 4.78. The third-order valence-electron chi connectivity index (χ3n) is 2.82. The monoisotopic (exact) mass is 326 g/mol. The van der Waals surface area contributed by atoms with Gasteiger partial charge in [-0.15, -0.1) is 0 Å². The Labute approximate surface area is 107 Å². The molecule has 2 heteroatoms. The van der Waals surface area contributed by atoms with Crippen LogP contribution in [0.15, 0.2) is 48.5 Å². The van der Waals surface area contributed by atoms with E-state index in [9.17, 15) is 0 Å². The van der Waals surface area contributed by atoms with E-state index in [1.165, 1.54) is 22.3 Å². The zero-order valence-electron chi connectivity index (χ0n) is 7.87. The lowest BCUT2D eigenvalue weighted by molar-refractivity contribution is 1.16. The molecule has 15 heavy (non-hydrogen) atoms. The van der Waals surface area contributed by atoms with Crippen LogP contribution in [0.1, 0.15) is 11.1 Å². The molecule has 0 unspecified atom stereocenters. The average Bonchev–Trinajstić information content (AvgIpc) is 2.51. The van der Waals surface area contributed by atoms with Crippen molar-refractivity contribution in [3.05, 3.63) is 59.7 Å². The zero-order chi connectivity index (χ0) is 10.5. The maximum Gasteiger partial charge on any atom is 0.146 e. The van der Waals surface area contributed by atoms with E-state index in [1.807, 2.05) is 12.1 Å². The minimum atomic E-state index is -0.398. The van der Waals surface area contributed by atoms with E-state index >= 15 is 0 Å². The average molecular weight is 327 g/mol. The van der Waals surface area contributed by atoms with E-state index in [4.69, 9.17) is 11.6 Å². The molecule has 0 saturated heterocycles. The van der Waals surface area contributed by atoms with Gasteiger partial charge in [0.15, 0.2) is 0 Å². The second-order valence-corrected chi connectivity index (χ2v) is 6.49. The van der Waals surface area contributed by atoms with Gasteiger partial charge in [0.2, 0.25) is 0 Å². The molecule has 0 nitrogen and oxygen atoms in total. The Morgan fingerprint density at radius 1 is 0.800 bits per heavy atom. The van der Waals surface area contributed by atoms with Gasteiger partial charge in [0.05, 0.1) is 0 Å². The summed E-state index contributed by atoms with van der Waals surface area (Å²) < 4.78 is -0.398. The largest absolute Gasteiger partial charge is 0.146 e. The molecule has 1 aliphatic rings. The van der Waals surface area contributed by atoms with Gasteiger partial charge in [0, 0.05) is 0 Å². The van der Waals surface area contributed by atoms with Crippen LogP contribution < -0.4 is 0 Å². The fraction of sp³-hybridized carbons (Fsp3) is 0.0769. The lowest BCUT2D eigenvalue weighted by Gasteiger charge is -2.15. The minimum Gasteiger partial charge on any atom is -0.0970 e. The predicted molar refractivity (Wildman–Crippen MR) is 72.5 cm³/mol. The summed E-state index contributed by atoms with van der Waals surface area (Å²) in [7, 11) is 0. The predicted octanol–water partition coefficient (Wildman–Crippen LogP) is 4.54. The normalized spacial score (nSPS) is 15.9. The van der Waals surface area contributed by atoms with Crippen LogP contribution in [0.2, 0.25) is 0 Å².